The molecule has 136 valence electrons. The Bertz CT molecular complexity index is 608. The van der Waals surface area contributed by atoms with Crippen molar-refractivity contribution in [1.29, 1.82) is 0 Å². The van der Waals surface area contributed by atoms with Crippen molar-refractivity contribution in [3.8, 4) is 0 Å². The number of thioether (sulfide) groups is 1. The van der Waals surface area contributed by atoms with Gasteiger partial charge in [0.05, 0.1) is 19.3 Å². The minimum atomic E-state index is -0.279. The van der Waals surface area contributed by atoms with Gasteiger partial charge in [-0.15, -0.1) is 0 Å². The quantitative estimate of drug-likeness (QED) is 0.825. The van der Waals surface area contributed by atoms with Gasteiger partial charge in [0.2, 0.25) is 5.91 Å². The van der Waals surface area contributed by atoms with Gasteiger partial charge >= 0.3 is 0 Å². The van der Waals surface area contributed by atoms with Crippen LogP contribution in [0.3, 0.4) is 0 Å². The Morgan fingerprint density at radius 1 is 1.24 bits per heavy atom. The van der Waals surface area contributed by atoms with Crippen LogP contribution in [0.5, 0.6) is 0 Å². The van der Waals surface area contributed by atoms with Crippen LogP contribution in [0.25, 0.3) is 0 Å². The molecule has 6 nitrogen and oxygen atoms in total. The molecule has 0 bridgehead atoms. The summed E-state index contributed by atoms with van der Waals surface area (Å²) in [5.74, 6) is 0.285. The third kappa shape index (κ3) is 4.93. The Morgan fingerprint density at radius 2 is 1.96 bits per heavy atom. The van der Waals surface area contributed by atoms with E-state index in [0.717, 1.165) is 24.4 Å². The molecule has 2 fully saturated rings. The van der Waals surface area contributed by atoms with Crippen molar-refractivity contribution >= 4 is 22.9 Å². The first-order valence-corrected chi connectivity index (χ1v) is 9.38. The second-order valence-electron chi connectivity index (χ2n) is 6.06. The molecule has 1 aromatic carbocycles. The van der Waals surface area contributed by atoms with Gasteiger partial charge in [-0.05, 0) is 17.7 Å². The van der Waals surface area contributed by atoms with E-state index in [0.29, 0.717) is 26.3 Å². The molecule has 2 heterocycles. The summed E-state index contributed by atoms with van der Waals surface area (Å²) in [5.41, 5.74) is 0.955. The van der Waals surface area contributed by atoms with E-state index < -0.39 is 0 Å². The number of rotatable bonds is 6. The van der Waals surface area contributed by atoms with Crippen LogP contribution in [-0.4, -0.2) is 72.6 Å². The molecule has 0 radical (unpaired) electrons. The summed E-state index contributed by atoms with van der Waals surface area (Å²) in [5, 5.41) is 2.88. The summed E-state index contributed by atoms with van der Waals surface area (Å²) < 4.78 is 18.6. The Morgan fingerprint density at radius 3 is 2.60 bits per heavy atom. The number of hydrogen-bond donors (Lipinski definition) is 1. The minimum absolute atomic E-state index is 0.0431. The number of amides is 2. The van der Waals surface area contributed by atoms with Gasteiger partial charge in [0.15, 0.2) is 0 Å². The van der Waals surface area contributed by atoms with Crippen LogP contribution < -0.4 is 5.32 Å². The smallest absolute Gasteiger partial charge is 0.282 e. The van der Waals surface area contributed by atoms with E-state index in [-0.39, 0.29) is 29.6 Å². The standard InChI is InChI=1S/C17H22FN3O3S/c18-14-3-1-13(2-4-14)15(20-5-8-24-9-6-20)11-19-16(22)12-21-7-10-25-17(21)23/h1-4,15H,5-12H2,(H,19,22). The average Bonchev–Trinajstić information content (AvgIpc) is 3.02. The molecular weight excluding hydrogens is 345 g/mol. The number of carbonyl (C=O) groups is 2. The van der Waals surface area contributed by atoms with Crippen molar-refractivity contribution in [2.75, 3.05) is 51.7 Å². The molecule has 2 amide bonds. The fraction of sp³-hybridized carbons (Fsp3) is 0.529. The summed E-state index contributed by atoms with van der Waals surface area (Å²) >= 11 is 1.24. The van der Waals surface area contributed by atoms with Gasteiger partial charge in [0.25, 0.3) is 5.24 Å². The molecule has 1 unspecified atom stereocenters. The highest BCUT2D eigenvalue weighted by atomic mass is 32.2. The molecular formula is C17H22FN3O3S. The highest BCUT2D eigenvalue weighted by Crippen LogP contribution is 2.22. The monoisotopic (exact) mass is 367 g/mol. The van der Waals surface area contributed by atoms with E-state index in [1.54, 1.807) is 17.0 Å². The maximum absolute atomic E-state index is 13.2. The maximum Gasteiger partial charge on any atom is 0.282 e. The second kappa shape index (κ2) is 8.64. The molecule has 0 aromatic heterocycles. The van der Waals surface area contributed by atoms with E-state index in [2.05, 4.69) is 10.2 Å². The van der Waals surface area contributed by atoms with E-state index >= 15 is 0 Å². The highest BCUT2D eigenvalue weighted by Gasteiger charge is 2.26. The Labute approximate surface area is 150 Å². The molecule has 2 saturated heterocycles. The first-order valence-electron chi connectivity index (χ1n) is 8.39. The Hall–Kier alpha value is -1.64. The predicted octanol–water partition coefficient (Wildman–Crippen LogP) is 1.48. The van der Waals surface area contributed by atoms with Gasteiger partial charge in [-0.25, -0.2) is 4.39 Å². The summed E-state index contributed by atoms with van der Waals surface area (Å²) in [6.45, 7) is 3.93. The highest BCUT2D eigenvalue weighted by molar-refractivity contribution is 8.13. The van der Waals surface area contributed by atoms with E-state index in [4.69, 9.17) is 4.74 Å². The molecule has 0 saturated carbocycles. The number of nitrogens with one attached hydrogen (secondary N) is 1. The van der Waals surface area contributed by atoms with Crippen LogP contribution in [0, 0.1) is 5.82 Å². The molecule has 1 atom stereocenters. The largest absolute Gasteiger partial charge is 0.379 e. The third-order valence-corrected chi connectivity index (χ3v) is 5.31. The number of nitrogens with zero attached hydrogens (tertiary/aromatic N) is 2. The van der Waals surface area contributed by atoms with Crippen LogP contribution in [0.15, 0.2) is 24.3 Å². The summed E-state index contributed by atoms with van der Waals surface area (Å²) in [6, 6.07) is 6.33. The van der Waals surface area contributed by atoms with Crippen LogP contribution in [0.2, 0.25) is 0 Å². The number of ether oxygens (including phenoxy) is 1. The molecule has 2 aliphatic heterocycles. The van der Waals surface area contributed by atoms with Crippen molar-refractivity contribution < 1.29 is 18.7 Å². The second-order valence-corrected chi connectivity index (χ2v) is 7.10. The number of benzene rings is 1. The first kappa shape index (κ1) is 18.2. The SMILES string of the molecule is O=C(CN1CCSC1=O)NCC(c1ccc(F)cc1)N1CCOCC1. The molecule has 8 heteroatoms. The lowest BCUT2D eigenvalue weighted by molar-refractivity contribution is -0.121. The molecule has 1 aromatic rings. The minimum Gasteiger partial charge on any atom is -0.379 e. The molecule has 0 spiro atoms. The zero-order valence-electron chi connectivity index (χ0n) is 13.9. The molecule has 25 heavy (non-hydrogen) atoms. The van der Waals surface area contributed by atoms with Gasteiger partial charge < -0.3 is 15.0 Å². The maximum atomic E-state index is 13.2. The number of halogens is 1. The fourth-order valence-electron chi connectivity index (χ4n) is 3.04. The molecule has 2 aliphatic rings. The summed E-state index contributed by atoms with van der Waals surface area (Å²) in [4.78, 5) is 27.6. The zero-order chi connectivity index (χ0) is 17.6. The van der Waals surface area contributed by atoms with Crippen molar-refractivity contribution in [2.45, 2.75) is 6.04 Å². The lowest BCUT2D eigenvalue weighted by Gasteiger charge is -2.35. The van der Waals surface area contributed by atoms with Crippen molar-refractivity contribution in [2.24, 2.45) is 0 Å². The summed E-state index contributed by atoms with van der Waals surface area (Å²) in [7, 11) is 0. The van der Waals surface area contributed by atoms with Crippen LogP contribution in [0.1, 0.15) is 11.6 Å². The third-order valence-electron chi connectivity index (χ3n) is 4.41. The van der Waals surface area contributed by atoms with Crippen LogP contribution in [-0.2, 0) is 9.53 Å². The zero-order valence-corrected chi connectivity index (χ0v) is 14.8. The number of morpholine rings is 1. The Kier molecular flexibility index (Phi) is 6.28. The van der Waals surface area contributed by atoms with Gasteiger partial charge in [-0.3, -0.25) is 14.5 Å². The van der Waals surface area contributed by atoms with E-state index in [1.165, 1.54) is 23.9 Å². The van der Waals surface area contributed by atoms with Gasteiger partial charge in [0, 0.05) is 31.9 Å². The number of hydrogen-bond acceptors (Lipinski definition) is 5. The van der Waals surface area contributed by atoms with Gasteiger partial charge in [-0.2, -0.15) is 0 Å². The average molecular weight is 367 g/mol. The van der Waals surface area contributed by atoms with Crippen LogP contribution in [0.4, 0.5) is 9.18 Å². The fourth-order valence-corrected chi connectivity index (χ4v) is 3.87. The topological polar surface area (TPSA) is 61.9 Å². The van der Waals surface area contributed by atoms with Crippen molar-refractivity contribution in [3.05, 3.63) is 35.6 Å². The normalized spacial score (nSPS) is 19.9. The van der Waals surface area contributed by atoms with E-state index in [9.17, 15) is 14.0 Å². The van der Waals surface area contributed by atoms with Gasteiger partial charge in [-0.1, -0.05) is 23.9 Å². The van der Waals surface area contributed by atoms with Gasteiger partial charge in [0.1, 0.15) is 12.4 Å². The van der Waals surface area contributed by atoms with Crippen molar-refractivity contribution in [3.63, 3.8) is 0 Å². The lowest BCUT2D eigenvalue weighted by atomic mass is 10.0. The lowest BCUT2D eigenvalue weighted by Crippen LogP contribution is -2.45. The summed E-state index contributed by atoms with van der Waals surface area (Å²) in [6.07, 6.45) is 0. The molecule has 1 N–H and O–H groups in total. The number of carbonyl (C=O) groups excluding carboxylic acids is 2. The molecule has 0 aliphatic carbocycles. The van der Waals surface area contributed by atoms with Crippen LogP contribution >= 0.6 is 11.8 Å². The predicted molar refractivity (Wildman–Crippen MR) is 94.0 cm³/mol. The Balaban J connectivity index is 1.61. The molecule has 3 rings (SSSR count). The van der Waals surface area contributed by atoms with Crippen molar-refractivity contribution in [1.82, 2.24) is 15.1 Å². The first-order chi connectivity index (χ1) is 12.1. The van der Waals surface area contributed by atoms with E-state index in [1.807, 2.05) is 0 Å².